The van der Waals surface area contributed by atoms with Crippen molar-refractivity contribution in [3.63, 3.8) is 0 Å². The van der Waals surface area contributed by atoms with Crippen molar-refractivity contribution in [3.05, 3.63) is 24.0 Å². The number of ether oxygens (including phenoxy) is 1. The Morgan fingerprint density at radius 1 is 1.32 bits per heavy atom. The maximum atomic E-state index is 12.5. The summed E-state index contributed by atoms with van der Waals surface area (Å²) < 4.78 is 31.3. The molecule has 2 aromatic heterocycles. The first-order chi connectivity index (χ1) is 13.3. The van der Waals surface area contributed by atoms with Crippen molar-refractivity contribution in [2.24, 2.45) is 5.92 Å². The Kier molecular flexibility index (Phi) is 6.24. The van der Waals surface area contributed by atoms with E-state index in [0.717, 1.165) is 36.8 Å². The van der Waals surface area contributed by atoms with Crippen molar-refractivity contribution in [2.75, 3.05) is 18.1 Å². The largest absolute Gasteiger partial charge is 0.459 e. The summed E-state index contributed by atoms with van der Waals surface area (Å²) in [4.78, 5) is 19.9. The maximum Gasteiger partial charge on any atom is 0.342 e. The van der Waals surface area contributed by atoms with Crippen LogP contribution in [0.5, 0.6) is 0 Å². The molecule has 0 saturated heterocycles. The van der Waals surface area contributed by atoms with Crippen LogP contribution in [0.1, 0.15) is 49.9 Å². The van der Waals surface area contributed by atoms with E-state index in [1.807, 2.05) is 19.9 Å². The highest BCUT2D eigenvalue weighted by molar-refractivity contribution is 7.89. The first-order valence-corrected chi connectivity index (χ1v) is 11.3. The first-order valence-electron chi connectivity index (χ1n) is 9.64. The number of anilines is 1. The Morgan fingerprint density at radius 2 is 2.04 bits per heavy atom. The van der Waals surface area contributed by atoms with Gasteiger partial charge >= 0.3 is 5.97 Å². The topological polar surface area (TPSA) is 113 Å². The van der Waals surface area contributed by atoms with Crippen LogP contribution < -0.4 is 10.0 Å². The predicted octanol–water partition coefficient (Wildman–Crippen LogP) is 2.65. The molecule has 9 heteroatoms. The van der Waals surface area contributed by atoms with E-state index in [1.54, 1.807) is 6.20 Å². The fraction of sp³-hybridized carbons (Fsp3) is 0.579. The van der Waals surface area contributed by atoms with E-state index >= 15 is 0 Å². The van der Waals surface area contributed by atoms with Gasteiger partial charge in [0.2, 0.25) is 10.0 Å². The van der Waals surface area contributed by atoms with Gasteiger partial charge in [-0.05, 0) is 58.6 Å². The molecule has 0 unspecified atom stereocenters. The van der Waals surface area contributed by atoms with Crippen LogP contribution in [-0.2, 0) is 14.8 Å². The fourth-order valence-corrected chi connectivity index (χ4v) is 4.79. The monoisotopic (exact) mass is 408 g/mol. The molecule has 3 N–H and O–H groups in total. The lowest BCUT2D eigenvalue weighted by Gasteiger charge is -2.30. The molecule has 0 radical (unpaired) electrons. The number of hydrogen-bond acceptors (Lipinski definition) is 6. The number of aromatic nitrogens is 2. The van der Waals surface area contributed by atoms with Crippen molar-refractivity contribution < 1.29 is 17.9 Å². The van der Waals surface area contributed by atoms with Crippen molar-refractivity contribution in [3.8, 4) is 0 Å². The fourth-order valence-electron chi connectivity index (χ4n) is 3.67. The van der Waals surface area contributed by atoms with Crippen LogP contribution >= 0.6 is 0 Å². The number of sulfonamides is 1. The number of nitrogens with zero attached hydrogens (tertiary/aromatic N) is 1. The van der Waals surface area contributed by atoms with Crippen LogP contribution in [0.25, 0.3) is 11.0 Å². The highest BCUT2D eigenvalue weighted by atomic mass is 32.2. The molecule has 0 spiro atoms. The number of carbonyl (C=O) groups is 1. The lowest BCUT2D eigenvalue weighted by Crippen LogP contribution is -2.32. The minimum absolute atomic E-state index is 0.158. The van der Waals surface area contributed by atoms with Crippen molar-refractivity contribution in [1.82, 2.24) is 14.7 Å². The number of hydrogen-bond donors (Lipinski definition) is 3. The van der Waals surface area contributed by atoms with Gasteiger partial charge in [-0.2, -0.15) is 0 Å². The number of fused-ring (bicyclic) bond motifs is 1. The lowest BCUT2D eigenvalue weighted by atomic mass is 9.87. The molecule has 154 valence electrons. The van der Waals surface area contributed by atoms with Gasteiger partial charge in [0.15, 0.2) is 0 Å². The third-order valence-electron chi connectivity index (χ3n) is 5.11. The summed E-state index contributed by atoms with van der Waals surface area (Å²) in [5, 5.41) is 4.35. The van der Waals surface area contributed by atoms with Gasteiger partial charge in [0.25, 0.3) is 0 Å². The standard InChI is InChI=1S/C19H28N4O4S/c1-12(2)27-19(24)16-10-22-18-15(8-9-21-18)17(16)23-14-6-4-13(5-7-14)11-28(25,26)20-3/h8-10,12-14,20H,4-7,11H2,1-3H3,(H2,21,22,23)/t13-,14-. The van der Waals surface area contributed by atoms with Crippen molar-refractivity contribution >= 4 is 32.7 Å². The molecular weight excluding hydrogens is 380 g/mol. The van der Waals surface area contributed by atoms with E-state index in [2.05, 4.69) is 20.0 Å². The molecule has 1 fully saturated rings. The zero-order valence-electron chi connectivity index (χ0n) is 16.5. The van der Waals surface area contributed by atoms with Gasteiger partial charge in [0.05, 0.1) is 17.5 Å². The molecular formula is C19H28N4O4S. The van der Waals surface area contributed by atoms with Crippen molar-refractivity contribution in [2.45, 2.75) is 51.7 Å². The summed E-state index contributed by atoms with van der Waals surface area (Å²) in [5.41, 5.74) is 1.85. The van der Waals surface area contributed by atoms with E-state index in [1.165, 1.54) is 13.2 Å². The summed E-state index contributed by atoms with van der Waals surface area (Å²) in [6.45, 7) is 3.63. The van der Waals surface area contributed by atoms with Gasteiger partial charge in [0.1, 0.15) is 11.2 Å². The van der Waals surface area contributed by atoms with Gasteiger partial charge in [-0.15, -0.1) is 0 Å². The molecule has 2 heterocycles. The SMILES string of the molecule is CNS(=O)(=O)C[C@H]1CC[C@H](Nc2c(C(=O)OC(C)C)cnc3[nH]ccc23)CC1. The van der Waals surface area contributed by atoms with Gasteiger partial charge in [-0.25, -0.2) is 22.9 Å². The maximum absolute atomic E-state index is 12.5. The molecule has 0 bridgehead atoms. The Labute approximate surface area is 165 Å². The van der Waals surface area contributed by atoms with Gasteiger partial charge in [-0.1, -0.05) is 0 Å². The molecule has 1 saturated carbocycles. The number of H-pyrrole nitrogens is 1. The summed E-state index contributed by atoms with van der Waals surface area (Å²) in [5.74, 6) is -0.0769. The summed E-state index contributed by atoms with van der Waals surface area (Å²) in [7, 11) is -1.74. The third kappa shape index (κ3) is 4.82. The minimum Gasteiger partial charge on any atom is -0.459 e. The average molecular weight is 409 g/mol. The molecule has 0 aromatic carbocycles. The van der Waals surface area contributed by atoms with Gasteiger partial charge in [0, 0.05) is 23.8 Å². The lowest BCUT2D eigenvalue weighted by molar-refractivity contribution is 0.0378. The zero-order chi connectivity index (χ0) is 20.3. The highest BCUT2D eigenvalue weighted by Crippen LogP contribution is 2.32. The molecule has 3 rings (SSSR count). The van der Waals surface area contributed by atoms with Gasteiger partial charge < -0.3 is 15.0 Å². The second kappa shape index (κ2) is 8.48. The quantitative estimate of drug-likeness (QED) is 0.607. The molecule has 0 atom stereocenters. The van der Waals surface area contributed by atoms with Crippen LogP contribution in [0, 0.1) is 5.92 Å². The van der Waals surface area contributed by atoms with Crippen molar-refractivity contribution in [1.29, 1.82) is 0 Å². The third-order valence-corrected chi connectivity index (χ3v) is 6.64. The Morgan fingerprint density at radius 3 is 2.68 bits per heavy atom. The average Bonchev–Trinajstić information content (AvgIpc) is 3.12. The number of esters is 1. The van der Waals surface area contributed by atoms with Crippen LogP contribution in [0.4, 0.5) is 5.69 Å². The predicted molar refractivity (Wildman–Crippen MR) is 109 cm³/mol. The van der Waals surface area contributed by atoms with E-state index < -0.39 is 16.0 Å². The summed E-state index contributed by atoms with van der Waals surface area (Å²) in [6, 6.07) is 2.06. The van der Waals surface area contributed by atoms with E-state index in [-0.39, 0.29) is 23.8 Å². The van der Waals surface area contributed by atoms with Crippen LogP contribution in [0.3, 0.4) is 0 Å². The number of carbonyl (C=O) groups excluding carboxylic acids is 1. The number of rotatable bonds is 7. The molecule has 2 aromatic rings. The number of nitrogens with one attached hydrogen (secondary N) is 3. The smallest absolute Gasteiger partial charge is 0.342 e. The zero-order valence-corrected chi connectivity index (χ0v) is 17.3. The normalized spacial score (nSPS) is 20.4. The van der Waals surface area contributed by atoms with Gasteiger partial charge in [-0.3, -0.25) is 0 Å². The van der Waals surface area contributed by atoms with Crippen LogP contribution in [0.15, 0.2) is 18.5 Å². The van der Waals surface area contributed by atoms with E-state index in [0.29, 0.717) is 11.2 Å². The molecule has 0 aliphatic heterocycles. The Hall–Kier alpha value is -2.13. The summed E-state index contributed by atoms with van der Waals surface area (Å²) >= 11 is 0. The molecule has 0 amide bonds. The Balaban J connectivity index is 1.75. The highest BCUT2D eigenvalue weighted by Gasteiger charge is 2.27. The second-order valence-corrected chi connectivity index (χ2v) is 9.56. The number of pyridine rings is 1. The molecule has 28 heavy (non-hydrogen) atoms. The van der Waals surface area contributed by atoms with Crippen LogP contribution in [0.2, 0.25) is 0 Å². The van der Waals surface area contributed by atoms with E-state index in [4.69, 9.17) is 4.74 Å². The van der Waals surface area contributed by atoms with Crippen LogP contribution in [-0.4, -0.2) is 49.3 Å². The molecule has 1 aliphatic rings. The van der Waals surface area contributed by atoms with E-state index in [9.17, 15) is 13.2 Å². The molecule has 1 aliphatic carbocycles. The number of aromatic amines is 1. The Bertz CT molecular complexity index is 931. The second-order valence-electron chi connectivity index (χ2n) is 7.59. The summed E-state index contributed by atoms with van der Waals surface area (Å²) in [6.07, 6.45) is 6.45. The minimum atomic E-state index is -3.19. The first kappa shape index (κ1) is 20.6. The molecule has 8 nitrogen and oxygen atoms in total.